The molecule has 0 bridgehead atoms. The van der Waals surface area contributed by atoms with Crippen molar-refractivity contribution in [3.8, 4) is 0 Å². The molecule has 2 aliphatic rings. The van der Waals surface area contributed by atoms with Gasteiger partial charge in [-0.1, -0.05) is 11.2 Å². The van der Waals surface area contributed by atoms with E-state index in [-0.39, 0.29) is 18.1 Å². The first-order valence-electron chi connectivity index (χ1n) is 9.49. The molecule has 1 aliphatic heterocycles. The van der Waals surface area contributed by atoms with E-state index in [4.69, 9.17) is 9.26 Å². The van der Waals surface area contributed by atoms with Gasteiger partial charge in [0.2, 0.25) is 0 Å². The highest BCUT2D eigenvalue weighted by molar-refractivity contribution is 5.96. The molecule has 0 spiro atoms. The molecular weight excluding hydrogens is 344 g/mol. The normalized spacial score (nSPS) is 27.4. The third-order valence-corrected chi connectivity index (χ3v) is 5.95. The van der Waals surface area contributed by atoms with Crippen molar-refractivity contribution in [3.05, 3.63) is 41.4 Å². The fraction of sp³-hybridized carbons (Fsp3) is 0.550. The number of hydrogen-bond acceptors (Lipinski definition) is 6. The van der Waals surface area contributed by atoms with Crippen LogP contribution in [-0.4, -0.2) is 53.3 Å². The number of pyridine rings is 1. The van der Waals surface area contributed by atoms with Crippen molar-refractivity contribution in [3.63, 3.8) is 0 Å². The van der Waals surface area contributed by atoms with Gasteiger partial charge in [0.05, 0.1) is 17.8 Å². The number of fused-ring (bicyclic) bond motifs is 1. The van der Waals surface area contributed by atoms with Crippen LogP contribution in [0.1, 0.15) is 34.7 Å². The molecule has 0 radical (unpaired) electrons. The van der Waals surface area contributed by atoms with Crippen molar-refractivity contribution in [2.75, 3.05) is 25.5 Å². The first-order valence-corrected chi connectivity index (χ1v) is 9.49. The Morgan fingerprint density at radius 2 is 2.04 bits per heavy atom. The van der Waals surface area contributed by atoms with Gasteiger partial charge in [-0.25, -0.2) is 4.98 Å². The fourth-order valence-corrected chi connectivity index (χ4v) is 4.58. The molecule has 2 fully saturated rings. The Balaban J connectivity index is 1.47. The Morgan fingerprint density at radius 3 is 2.67 bits per heavy atom. The Hall–Kier alpha value is -2.41. The smallest absolute Gasteiger partial charge is 0.259 e. The van der Waals surface area contributed by atoms with Gasteiger partial charge in [-0.2, -0.15) is 0 Å². The summed E-state index contributed by atoms with van der Waals surface area (Å²) in [5, 5.41) is 7.44. The Labute approximate surface area is 159 Å². The molecule has 7 nitrogen and oxygen atoms in total. The molecule has 3 heterocycles. The third kappa shape index (κ3) is 3.43. The van der Waals surface area contributed by atoms with Crippen molar-refractivity contribution in [2.45, 2.75) is 38.8 Å². The zero-order valence-electron chi connectivity index (χ0n) is 16.0. The zero-order chi connectivity index (χ0) is 19.0. The number of anilines is 1. The second kappa shape index (κ2) is 7.31. The Kier molecular flexibility index (Phi) is 4.86. The minimum Gasteiger partial charge on any atom is -0.379 e. The van der Waals surface area contributed by atoms with E-state index in [9.17, 15) is 4.79 Å². The summed E-state index contributed by atoms with van der Waals surface area (Å²) in [7, 11) is 1.76. The number of hydrogen-bond donors (Lipinski definition) is 1. The third-order valence-electron chi connectivity index (χ3n) is 5.95. The van der Waals surface area contributed by atoms with Crippen LogP contribution in [0, 0.1) is 25.7 Å². The second-order valence-corrected chi connectivity index (χ2v) is 7.64. The van der Waals surface area contributed by atoms with Crippen LogP contribution in [-0.2, 0) is 4.74 Å². The topological polar surface area (TPSA) is 80.5 Å². The van der Waals surface area contributed by atoms with Crippen molar-refractivity contribution < 1.29 is 14.1 Å². The molecule has 1 N–H and O–H groups in total. The Bertz CT molecular complexity index is 787. The molecule has 1 saturated carbocycles. The van der Waals surface area contributed by atoms with E-state index in [1.807, 2.05) is 30.0 Å². The number of carbonyl (C=O) groups excluding carboxylic acids is 1. The van der Waals surface area contributed by atoms with Crippen LogP contribution in [0.3, 0.4) is 0 Å². The highest BCUT2D eigenvalue weighted by Crippen LogP contribution is 2.39. The molecule has 7 heteroatoms. The van der Waals surface area contributed by atoms with Crippen LogP contribution in [0.5, 0.6) is 0 Å². The Morgan fingerprint density at radius 1 is 1.26 bits per heavy atom. The average molecular weight is 370 g/mol. The lowest BCUT2D eigenvalue weighted by atomic mass is 9.77. The van der Waals surface area contributed by atoms with Crippen LogP contribution < -0.4 is 5.32 Å². The van der Waals surface area contributed by atoms with Crippen LogP contribution in [0.2, 0.25) is 0 Å². The number of aromatic nitrogens is 2. The van der Waals surface area contributed by atoms with Crippen molar-refractivity contribution in [1.29, 1.82) is 0 Å². The monoisotopic (exact) mass is 370 g/mol. The van der Waals surface area contributed by atoms with E-state index >= 15 is 0 Å². The van der Waals surface area contributed by atoms with Gasteiger partial charge in [0.1, 0.15) is 17.1 Å². The average Bonchev–Trinajstić information content (AvgIpc) is 3.24. The molecule has 1 saturated heterocycles. The largest absolute Gasteiger partial charge is 0.379 e. The van der Waals surface area contributed by atoms with Crippen LogP contribution in [0.15, 0.2) is 28.9 Å². The number of amides is 1. The van der Waals surface area contributed by atoms with Crippen molar-refractivity contribution >= 4 is 11.7 Å². The van der Waals surface area contributed by atoms with E-state index in [1.165, 1.54) is 0 Å². The van der Waals surface area contributed by atoms with Gasteiger partial charge in [-0.05, 0) is 50.7 Å². The number of likely N-dealkylation sites (tertiary alicyclic amines) is 1. The van der Waals surface area contributed by atoms with Gasteiger partial charge in [0.25, 0.3) is 5.91 Å². The molecule has 0 aromatic carbocycles. The zero-order valence-corrected chi connectivity index (χ0v) is 16.0. The van der Waals surface area contributed by atoms with Crippen LogP contribution >= 0.6 is 0 Å². The summed E-state index contributed by atoms with van der Waals surface area (Å²) < 4.78 is 10.9. The summed E-state index contributed by atoms with van der Waals surface area (Å²) in [6.45, 7) is 5.15. The van der Waals surface area contributed by atoms with Gasteiger partial charge >= 0.3 is 0 Å². The quantitative estimate of drug-likeness (QED) is 0.891. The molecular formula is C20H26N4O3. The summed E-state index contributed by atoms with van der Waals surface area (Å²) >= 11 is 0. The molecule has 1 aliphatic carbocycles. The molecule has 144 valence electrons. The van der Waals surface area contributed by atoms with E-state index in [1.54, 1.807) is 20.2 Å². The summed E-state index contributed by atoms with van der Waals surface area (Å²) in [5.74, 6) is 2.41. The van der Waals surface area contributed by atoms with Gasteiger partial charge in [-0.3, -0.25) is 4.79 Å². The number of rotatable bonds is 4. The molecule has 0 unspecified atom stereocenters. The summed E-state index contributed by atoms with van der Waals surface area (Å²) in [6, 6.07) is 6.05. The molecule has 2 aromatic rings. The molecule has 4 rings (SSSR count). The van der Waals surface area contributed by atoms with Crippen LogP contribution in [0.4, 0.5) is 5.82 Å². The number of nitrogens with zero attached hydrogens (tertiary/aromatic N) is 3. The maximum atomic E-state index is 13.0. The van der Waals surface area contributed by atoms with E-state index in [2.05, 4.69) is 15.5 Å². The van der Waals surface area contributed by atoms with Gasteiger partial charge < -0.3 is 19.5 Å². The van der Waals surface area contributed by atoms with Gasteiger partial charge in [0, 0.05) is 26.4 Å². The minimum absolute atomic E-state index is 0.0313. The predicted octanol–water partition coefficient (Wildman–Crippen LogP) is 2.66. The van der Waals surface area contributed by atoms with Crippen molar-refractivity contribution in [1.82, 2.24) is 15.0 Å². The number of aryl methyl sites for hydroxylation is 2. The van der Waals surface area contributed by atoms with Gasteiger partial charge in [0.15, 0.2) is 0 Å². The maximum absolute atomic E-state index is 13.0. The first-order chi connectivity index (χ1) is 13.1. The second-order valence-electron chi connectivity index (χ2n) is 7.64. The molecule has 27 heavy (non-hydrogen) atoms. The lowest BCUT2D eigenvalue weighted by molar-refractivity contribution is 0.0304. The van der Waals surface area contributed by atoms with E-state index in [0.29, 0.717) is 28.9 Å². The number of ether oxygens (including phenoxy) is 1. The highest BCUT2D eigenvalue weighted by Gasteiger charge is 2.44. The minimum atomic E-state index is 0.0313. The molecule has 2 aromatic heterocycles. The maximum Gasteiger partial charge on any atom is 0.259 e. The predicted molar refractivity (Wildman–Crippen MR) is 101 cm³/mol. The van der Waals surface area contributed by atoms with E-state index in [0.717, 1.165) is 31.7 Å². The van der Waals surface area contributed by atoms with Crippen LogP contribution in [0.25, 0.3) is 0 Å². The summed E-state index contributed by atoms with van der Waals surface area (Å²) in [4.78, 5) is 19.3. The molecule has 1 amide bonds. The number of carbonyl (C=O) groups is 1. The van der Waals surface area contributed by atoms with Gasteiger partial charge in [-0.15, -0.1) is 0 Å². The SMILES string of the molecule is CO[C@@H]1C[C@H]2CN(C(=O)c3c(C)noc3C)C[C@H]2C[C@H]1Nc1ccccn1. The number of methoxy groups -OCH3 is 1. The summed E-state index contributed by atoms with van der Waals surface area (Å²) in [5.41, 5.74) is 1.27. The first kappa shape index (κ1) is 18.0. The van der Waals surface area contributed by atoms with E-state index < -0.39 is 0 Å². The molecule has 4 atom stereocenters. The highest BCUT2D eigenvalue weighted by atomic mass is 16.5. The fourth-order valence-electron chi connectivity index (χ4n) is 4.58. The lowest BCUT2D eigenvalue weighted by Gasteiger charge is -2.37. The lowest BCUT2D eigenvalue weighted by Crippen LogP contribution is -2.44. The summed E-state index contributed by atoms with van der Waals surface area (Å²) in [6.07, 6.45) is 3.81. The number of nitrogens with one attached hydrogen (secondary N) is 1. The standard InChI is InChI=1S/C20H26N4O3/c1-12-19(13(2)27-23-12)20(25)24-10-14-8-16(17(26-3)9-15(14)11-24)22-18-6-4-5-7-21-18/h4-7,14-17H,8-11H2,1-3H3,(H,21,22)/t14-,15+,16-,17-/m1/s1. The van der Waals surface area contributed by atoms with Crippen molar-refractivity contribution in [2.24, 2.45) is 11.8 Å².